The van der Waals surface area contributed by atoms with Gasteiger partial charge in [0.05, 0.1) is 20.8 Å². The molecular weight excluding hydrogens is 302 g/mol. The van der Waals surface area contributed by atoms with E-state index in [0.29, 0.717) is 11.5 Å². The quantitative estimate of drug-likeness (QED) is 0.790. The van der Waals surface area contributed by atoms with Gasteiger partial charge in [0, 0.05) is 12.1 Å². The third kappa shape index (κ3) is 4.28. The topological polar surface area (TPSA) is 46.4 Å². The molecule has 1 aromatic carbocycles. The summed E-state index contributed by atoms with van der Waals surface area (Å²) in [7, 11) is 3.26. The van der Waals surface area contributed by atoms with Gasteiger partial charge in [-0.1, -0.05) is 40.5 Å². The number of fused-ring (bicyclic) bond motifs is 3. The average Bonchev–Trinajstić information content (AvgIpc) is 3.06. The predicted octanol–water partition coefficient (Wildman–Crippen LogP) is 4.66. The SMILES string of the molecule is CCC.CCC.COc1ccc2c(c1OC)N=C(C)N1CCN=C21. The third-order valence-electron chi connectivity index (χ3n) is 3.27. The van der Waals surface area contributed by atoms with Crippen molar-refractivity contribution in [2.45, 2.75) is 47.5 Å². The molecular formula is C19H31N3O2. The fourth-order valence-corrected chi connectivity index (χ4v) is 2.42. The van der Waals surface area contributed by atoms with Crippen LogP contribution in [0.1, 0.15) is 53.0 Å². The van der Waals surface area contributed by atoms with Gasteiger partial charge in [-0.2, -0.15) is 0 Å². The lowest BCUT2D eigenvalue weighted by Gasteiger charge is -2.26. The molecule has 0 amide bonds. The number of rotatable bonds is 2. The molecule has 2 heterocycles. The molecule has 0 spiro atoms. The normalized spacial score (nSPS) is 14.0. The Balaban J connectivity index is 0.000000423. The van der Waals surface area contributed by atoms with E-state index < -0.39 is 0 Å². The maximum absolute atomic E-state index is 5.43. The van der Waals surface area contributed by atoms with Gasteiger partial charge in [-0.15, -0.1) is 0 Å². The highest BCUT2D eigenvalue weighted by Crippen LogP contribution is 2.42. The van der Waals surface area contributed by atoms with E-state index in [1.807, 2.05) is 19.1 Å². The van der Waals surface area contributed by atoms with Gasteiger partial charge in [-0.25, -0.2) is 4.99 Å². The Labute approximate surface area is 146 Å². The standard InChI is InChI=1S/C13H15N3O2.2C3H8/c1-8-15-11-9(13-14-6-7-16(8)13)4-5-10(17-2)12(11)18-3;2*1-3-2/h4-5H,6-7H2,1-3H3;2*3H2,1-2H3. The molecule has 0 fully saturated rings. The van der Waals surface area contributed by atoms with Crippen LogP contribution in [0.25, 0.3) is 0 Å². The number of amidine groups is 2. The molecule has 0 bridgehead atoms. The summed E-state index contributed by atoms with van der Waals surface area (Å²) in [6.07, 6.45) is 2.50. The maximum Gasteiger partial charge on any atom is 0.187 e. The zero-order chi connectivity index (χ0) is 18.1. The van der Waals surface area contributed by atoms with Gasteiger partial charge >= 0.3 is 0 Å². The molecule has 0 radical (unpaired) electrons. The Morgan fingerprint density at radius 3 is 2.21 bits per heavy atom. The molecule has 0 saturated heterocycles. The molecule has 0 aliphatic carbocycles. The van der Waals surface area contributed by atoms with Crippen molar-refractivity contribution in [1.29, 1.82) is 0 Å². The van der Waals surface area contributed by atoms with Crippen molar-refractivity contribution in [3.05, 3.63) is 17.7 Å². The lowest BCUT2D eigenvalue weighted by Crippen LogP contribution is -2.35. The van der Waals surface area contributed by atoms with Crippen LogP contribution >= 0.6 is 0 Å². The second-order valence-corrected chi connectivity index (χ2v) is 5.63. The molecule has 24 heavy (non-hydrogen) atoms. The fraction of sp³-hybridized carbons (Fsp3) is 0.579. The highest BCUT2D eigenvalue weighted by atomic mass is 16.5. The van der Waals surface area contributed by atoms with Crippen molar-refractivity contribution in [1.82, 2.24) is 4.90 Å². The van der Waals surface area contributed by atoms with Crippen molar-refractivity contribution in [3.8, 4) is 11.5 Å². The van der Waals surface area contributed by atoms with Gasteiger partial charge in [0.15, 0.2) is 11.5 Å². The van der Waals surface area contributed by atoms with E-state index in [2.05, 4.69) is 42.6 Å². The minimum absolute atomic E-state index is 0.670. The zero-order valence-electron chi connectivity index (χ0n) is 16.1. The number of hydrogen-bond acceptors (Lipinski definition) is 5. The van der Waals surface area contributed by atoms with E-state index >= 15 is 0 Å². The Kier molecular flexibility index (Phi) is 8.30. The first-order chi connectivity index (χ1) is 11.6. The van der Waals surface area contributed by atoms with Crippen molar-refractivity contribution in [2.75, 3.05) is 27.3 Å². The molecule has 0 N–H and O–H groups in total. The van der Waals surface area contributed by atoms with Crippen LogP contribution in [0, 0.1) is 0 Å². The minimum Gasteiger partial charge on any atom is -0.493 e. The first kappa shape index (κ1) is 20.0. The fourth-order valence-electron chi connectivity index (χ4n) is 2.42. The van der Waals surface area contributed by atoms with Crippen LogP contribution in [-0.4, -0.2) is 43.9 Å². The summed E-state index contributed by atoms with van der Waals surface area (Å²) in [6, 6.07) is 3.89. The number of hydrogen-bond donors (Lipinski definition) is 0. The molecule has 2 aliphatic heterocycles. The summed E-state index contributed by atoms with van der Waals surface area (Å²) >= 11 is 0. The highest BCUT2D eigenvalue weighted by molar-refractivity contribution is 6.16. The molecule has 2 aliphatic rings. The van der Waals surface area contributed by atoms with Gasteiger partial charge in [0.1, 0.15) is 17.4 Å². The van der Waals surface area contributed by atoms with E-state index in [1.54, 1.807) is 14.2 Å². The van der Waals surface area contributed by atoms with E-state index in [9.17, 15) is 0 Å². The molecule has 0 aromatic heterocycles. The summed E-state index contributed by atoms with van der Waals surface area (Å²) in [4.78, 5) is 11.3. The Bertz CT molecular complexity index is 593. The van der Waals surface area contributed by atoms with Gasteiger partial charge < -0.3 is 14.4 Å². The van der Waals surface area contributed by atoms with Gasteiger partial charge in [0.2, 0.25) is 0 Å². The molecule has 3 rings (SSSR count). The van der Waals surface area contributed by atoms with Crippen LogP contribution in [0.5, 0.6) is 11.5 Å². The summed E-state index contributed by atoms with van der Waals surface area (Å²) in [6.45, 7) is 12.2. The second kappa shape index (κ2) is 9.96. The number of aliphatic imine (C=N–C) groups is 2. The molecule has 0 unspecified atom stereocenters. The number of nitrogens with zero attached hydrogens (tertiary/aromatic N) is 3. The van der Waals surface area contributed by atoms with Gasteiger partial charge in [-0.05, 0) is 19.1 Å². The van der Waals surface area contributed by atoms with Crippen LogP contribution in [0.4, 0.5) is 5.69 Å². The highest BCUT2D eigenvalue weighted by Gasteiger charge is 2.30. The molecule has 5 heteroatoms. The predicted molar refractivity (Wildman–Crippen MR) is 102 cm³/mol. The van der Waals surface area contributed by atoms with Gasteiger partial charge in [-0.3, -0.25) is 4.99 Å². The molecule has 0 saturated carbocycles. The number of ether oxygens (including phenoxy) is 2. The van der Waals surface area contributed by atoms with Crippen LogP contribution in [0.2, 0.25) is 0 Å². The Hall–Kier alpha value is -2.04. The van der Waals surface area contributed by atoms with Crippen molar-refractivity contribution < 1.29 is 9.47 Å². The summed E-state index contributed by atoms with van der Waals surface area (Å²) < 4.78 is 10.7. The smallest absolute Gasteiger partial charge is 0.187 e. The first-order valence-corrected chi connectivity index (χ1v) is 8.71. The van der Waals surface area contributed by atoms with Crippen LogP contribution in [-0.2, 0) is 0 Å². The second-order valence-electron chi connectivity index (χ2n) is 5.63. The largest absolute Gasteiger partial charge is 0.493 e. The van der Waals surface area contributed by atoms with E-state index in [0.717, 1.165) is 36.0 Å². The molecule has 5 nitrogen and oxygen atoms in total. The monoisotopic (exact) mass is 333 g/mol. The van der Waals surface area contributed by atoms with Gasteiger partial charge in [0.25, 0.3) is 0 Å². The van der Waals surface area contributed by atoms with Crippen LogP contribution in [0.15, 0.2) is 22.1 Å². The lowest BCUT2D eigenvalue weighted by molar-refractivity contribution is 0.355. The lowest BCUT2D eigenvalue weighted by atomic mass is 10.1. The molecule has 134 valence electrons. The summed E-state index contributed by atoms with van der Waals surface area (Å²) in [5.41, 5.74) is 1.82. The first-order valence-electron chi connectivity index (χ1n) is 8.71. The van der Waals surface area contributed by atoms with Crippen molar-refractivity contribution in [3.63, 3.8) is 0 Å². The summed E-state index contributed by atoms with van der Waals surface area (Å²) in [5.74, 6) is 3.30. The van der Waals surface area contributed by atoms with Crippen molar-refractivity contribution in [2.24, 2.45) is 9.98 Å². The van der Waals surface area contributed by atoms with Crippen LogP contribution in [0.3, 0.4) is 0 Å². The molecule has 0 atom stereocenters. The zero-order valence-corrected chi connectivity index (χ0v) is 16.1. The van der Waals surface area contributed by atoms with E-state index in [4.69, 9.17) is 9.47 Å². The third-order valence-corrected chi connectivity index (χ3v) is 3.27. The summed E-state index contributed by atoms with van der Waals surface area (Å²) in [5, 5.41) is 0. The number of benzene rings is 1. The number of methoxy groups -OCH3 is 2. The minimum atomic E-state index is 0.670. The average molecular weight is 333 g/mol. The maximum atomic E-state index is 5.43. The Morgan fingerprint density at radius 1 is 1.04 bits per heavy atom. The Morgan fingerprint density at radius 2 is 1.67 bits per heavy atom. The van der Waals surface area contributed by atoms with E-state index in [-0.39, 0.29) is 0 Å². The van der Waals surface area contributed by atoms with Crippen molar-refractivity contribution >= 4 is 17.4 Å². The van der Waals surface area contributed by atoms with Crippen LogP contribution < -0.4 is 9.47 Å². The molecule has 1 aromatic rings. The van der Waals surface area contributed by atoms with E-state index in [1.165, 1.54) is 12.8 Å².